The van der Waals surface area contributed by atoms with E-state index in [1.54, 1.807) is 23.1 Å². The van der Waals surface area contributed by atoms with E-state index in [9.17, 15) is 18.4 Å². The minimum absolute atomic E-state index is 0.000128. The first-order valence-corrected chi connectivity index (χ1v) is 10.4. The first-order valence-electron chi connectivity index (χ1n) is 10.4. The molecule has 0 radical (unpaired) electrons. The van der Waals surface area contributed by atoms with Crippen molar-refractivity contribution in [2.45, 2.75) is 18.9 Å². The Balaban J connectivity index is 1.32. The van der Waals surface area contributed by atoms with Crippen LogP contribution in [0, 0.1) is 11.6 Å². The smallest absolute Gasteiger partial charge is 0.414 e. The zero-order chi connectivity index (χ0) is 22.9. The summed E-state index contributed by atoms with van der Waals surface area (Å²) in [5.41, 5.74) is 0.143. The summed E-state index contributed by atoms with van der Waals surface area (Å²) in [6, 6.07) is 7.52. The molecular weight excluding hydrogens is 436 g/mol. The number of nitrogens with one attached hydrogen (secondary N) is 1. The number of cyclic esters (lactones) is 1. The molecule has 33 heavy (non-hydrogen) atoms. The van der Waals surface area contributed by atoms with Gasteiger partial charge < -0.3 is 14.6 Å². The fraction of sp³-hybridized carbons (Fsp3) is 0.273. The summed E-state index contributed by atoms with van der Waals surface area (Å²) in [5.74, 6) is -1.32. The number of benzene rings is 1. The van der Waals surface area contributed by atoms with Gasteiger partial charge in [-0.25, -0.2) is 18.6 Å². The minimum atomic E-state index is -1.16. The Morgan fingerprint density at radius 3 is 2.67 bits per heavy atom. The highest BCUT2D eigenvalue weighted by molar-refractivity contribution is 5.94. The summed E-state index contributed by atoms with van der Waals surface area (Å²) in [7, 11) is 0. The van der Waals surface area contributed by atoms with Crippen LogP contribution < -0.4 is 15.1 Å². The molecule has 3 aromatic rings. The highest BCUT2D eigenvalue weighted by Gasteiger charge is 2.35. The van der Waals surface area contributed by atoms with Crippen LogP contribution in [0.4, 0.5) is 30.9 Å². The molecule has 2 aliphatic rings. The van der Waals surface area contributed by atoms with E-state index in [1.165, 1.54) is 24.6 Å². The molecule has 0 aliphatic carbocycles. The van der Waals surface area contributed by atoms with Gasteiger partial charge in [-0.05, 0) is 30.7 Å². The lowest BCUT2D eigenvalue weighted by Crippen LogP contribution is -2.28. The van der Waals surface area contributed by atoms with E-state index in [-0.39, 0.29) is 30.2 Å². The lowest BCUT2D eigenvalue weighted by molar-refractivity contribution is -0.117. The zero-order valence-corrected chi connectivity index (χ0v) is 17.3. The molecule has 1 N–H and O–H groups in total. The van der Waals surface area contributed by atoms with Crippen molar-refractivity contribution >= 4 is 29.3 Å². The van der Waals surface area contributed by atoms with Crippen molar-refractivity contribution in [3.8, 4) is 11.1 Å². The number of carbonyl (C=O) groups excluding carboxylic acids is 2. The SMILES string of the molecule is O=C1CCCN1c1ccc(-c2ccc(N3CC(CNc4ccon4)OC3=O)c(F)c2F)cn1. The molecule has 2 saturated heterocycles. The highest BCUT2D eigenvalue weighted by atomic mass is 19.2. The lowest BCUT2D eigenvalue weighted by atomic mass is 10.1. The van der Waals surface area contributed by atoms with Crippen molar-refractivity contribution in [3.63, 3.8) is 0 Å². The number of rotatable bonds is 6. The van der Waals surface area contributed by atoms with Gasteiger partial charge in [0, 0.05) is 36.4 Å². The third-order valence-corrected chi connectivity index (χ3v) is 5.58. The fourth-order valence-electron chi connectivity index (χ4n) is 3.91. The first-order chi connectivity index (χ1) is 16.0. The van der Waals surface area contributed by atoms with Crippen LogP contribution in [0.2, 0.25) is 0 Å². The molecule has 5 rings (SSSR count). The number of nitrogens with zero attached hydrogens (tertiary/aromatic N) is 4. The molecule has 11 heteroatoms. The molecule has 4 heterocycles. The summed E-state index contributed by atoms with van der Waals surface area (Å²) in [4.78, 5) is 31.0. The van der Waals surface area contributed by atoms with Gasteiger partial charge in [0.1, 0.15) is 18.2 Å². The Hall–Kier alpha value is -4.02. The van der Waals surface area contributed by atoms with Crippen LogP contribution in [0.1, 0.15) is 12.8 Å². The zero-order valence-electron chi connectivity index (χ0n) is 17.3. The molecule has 2 amide bonds. The van der Waals surface area contributed by atoms with Crippen LogP contribution in [0.3, 0.4) is 0 Å². The Morgan fingerprint density at radius 2 is 1.97 bits per heavy atom. The minimum Gasteiger partial charge on any atom is -0.442 e. The molecule has 1 atom stereocenters. The van der Waals surface area contributed by atoms with Gasteiger partial charge in [-0.1, -0.05) is 5.16 Å². The van der Waals surface area contributed by atoms with Gasteiger partial charge in [0.25, 0.3) is 0 Å². The van der Waals surface area contributed by atoms with Crippen LogP contribution in [0.15, 0.2) is 47.3 Å². The highest BCUT2D eigenvalue weighted by Crippen LogP contribution is 2.33. The molecule has 0 spiro atoms. The maximum atomic E-state index is 14.9. The second-order valence-electron chi connectivity index (χ2n) is 7.70. The number of halogens is 2. The fourth-order valence-corrected chi connectivity index (χ4v) is 3.91. The monoisotopic (exact) mass is 455 g/mol. The van der Waals surface area contributed by atoms with Crippen molar-refractivity contribution in [1.82, 2.24) is 10.1 Å². The summed E-state index contributed by atoms with van der Waals surface area (Å²) >= 11 is 0. The van der Waals surface area contributed by atoms with Gasteiger partial charge in [-0.2, -0.15) is 0 Å². The van der Waals surface area contributed by atoms with Gasteiger partial charge in [-0.3, -0.25) is 14.6 Å². The summed E-state index contributed by atoms with van der Waals surface area (Å²) in [6.07, 6.45) is 2.68. The maximum Gasteiger partial charge on any atom is 0.414 e. The number of carbonyl (C=O) groups is 2. The third-order valence-electron chi connectivity index (χ3n) is 5.58. The van der Waals surface area contributed by atoms with Crippen molar-refractivity contribution in [2.75, 3.05) is 34.8 Å². The average molecular weight is 455 g/mol. The molecular formula is C22H19F2N5O4. The topological polar surface area (TPSA) is 101 Å². The predicted molar refractivity (Wildman–Crippen MR) is 114 cm³/mol. The third kappa shape index (κ3) is 3.97. The Labute approximate surface area is 186 Å². The number of anilines is 3. The van der Waals surface area contributed by atoms with E-state index in [0.29, 0.717) is 30.2 Å². The molecule has 1 unspecified atom stereocenters. The van der Waals surface area contributed by atoms with E-state index >= 15 is 0 Å². The number of pyridine rings is 1. The maximum absolute atomic E-state index is 14.9. The standard InChI is InChI=1S/C22H19F2N5O4/c23-20-15(13-3-6-18(26-10-13)28-8-1-2-19(28)30)4-5-16(21(20)24)29-12-14(33-22(29)31)11-25-17-7-9-32-27-17/h3-7,9-10,14H,1-2,8,11-12H2,(H,25,27). The van der Waals surface area contributed by atoms with E-state index < -0.39 is 23.8 Å². The molecule has 2 aromatic heterocycles. The second-order valence-corrected chi connectivity index (χ2v) is 7.70. The summed E-state index contributed by atoms with van der Waals surface area (Å²) in [5, 5.41) is 6.63. The van der Waals surface area contributed by atoms with Crippen molar-refractivity contribution in [3.05, 3.63) is 54.4 Å². The van der Waals surface area contributed by atoms with Gasteiger partial charge in [0.15, 0.2) is 17.5 Å². The van der Waals surface area contributed by atoms with Gasteiger partial charge in [0.05, 0.1) is 18.8 Å². The van der Waals surface area contributed by atoms with Gasteiger partial charge >= 0.3 is 6.09 Å². The Kier molecular flexibility index (Phi) is 5.37. The molecule has 0 bridgehead atoms. The molecule has 0 saturated carbocycles. The van der Waals surface area contributed by atoms with Crippen LogP contribution >= 0.6 is 0 Å². The van der Waals surface area contributed by atoms with E-state index in [2.05, 4.69) is 15.5 Å². The van der Waals surface area contributed by atoms with Gasteiger partial charge in [-0.15, -0.1) is 0 Å². The Morgan fingerprint density at radius 1 is 1.09 bits per heavy atom. The second kappa shape index (κ2) is 8.49. The molecule has 170 valence electrons. The number of hydrogen-bond acceptors (Lipinski definition) is 7. The quantitative estimate of drug-likeness (QED) is 0.606. The van der Waals surface area contributed by atoms with E-state index in [0.717, 1.165) is 11.3 Å². The van der Waals surface area contributed by atoms with Crippen molar-refractivity contribution in [2.24, 2.45) is 0 Å². The molecule has 1 aromatic carbocycles. The van der Waals surface area contributed by atoms with Crippen LogP contribution in [0.25, 0.3) is 11.1 Å². The number of amides is 2. The summed E-state index contributed by atoms with van der Waals surface area (Å²) < 4.78 is 39.8. The van der Waals surface area contributed by atoms with E-state index in [1.807, 2.05) is 0 Å². The summed E-state index contributed by atoms with van der Waals surface area (Å²) in [6.45, 7) is 0.859. The normalized spacial score (nSPS) is 18.2. The lowest BCUT2D eigenvalue weighted by Gasteiger charge is -2.17. The molecule has 9 nitrogen and oxygen atoms in total. The predicted octanol–water partition coefficient (Wildman–Crippen LogP) is 3.58. The Bertz CT molecular complexity index is 1190. The van der Waals surface area contributed by atoms with Crippen molar-refractivity contribution < 1.29 is 27.6 Å². The molecule has 2 aliphatic heterocycles. The van der Waals surface area contributed by atoms with E-state index in [4.69, 9.17) is 9.26 Å². The number of aromatic nitrogens is 2. The first kappa shape index (κ1) is 20.9. The van der Waals surface area contributed by atoms with Crippen LogP contribution in [-0.4, -0.2) is 47.9 Å². The number of hydrogen-bond donors (Lipinski definition) is 1. The number of ether oxygens (including phenoxy) is 1. The molecule has 2 fully saturated rings. The van der Waals surface area contributed by atoms with Gasteiger partial charge in [0.2, 0.25) is 5.91 Å². The van der Waals surface area contributed by atoms with Crippen LogP contribution in [-0.2, 0) is 9.53 Å². The average Bonchev–Trinajstić information content (AvgIpc) is 3.56. The van der Waals surface area contributed by atoms with Crippen molar-refractivity contribution in [1.29, 1.82) is 0 Å². The van der Waals surface area contributed by atoms with Crippen LogP contribution in [0.5, 0.6) is 0 Å². The largest absolute Gasteiger partial charge is 0.442 e.